The lowest BCUT2D eigenvalue weighted by Gasteiger charge is -2.29. The van der Waals surface area contributed by atoms with E-state index in [0.717, 1.165) is 76.9 Å². The minimum Gasteiger partial charge on any atom is -0.487 e. The number of nitrogens with zero attached hydrogens (tertiary/aromatic N) is 6. The number of para-hydroxylation sites is 2. The van der Waals surface area contributed by atoms with E-state index in [0.29, 0.717) is 6.61 Å². The Morgan fingerprint density at radius 3 is 2.33 bits per heavy atom. The van der Waals surface area contributed by atoms with Gasteiger partial charge in [0.15, 0.2) is 5.82 Å². The van der Waals surface area contributed by atoms with Crippen molar-refractivity contribution in [1.82, 2.24) is 30.0 Å². The van der Waals surface area contributed by atoms with Crippen LogP contribution in [0.3, 0.4) is 0 Å². The van der Waals surface area contributed by atoms with Gasteiger partial charge in [-0.3, -0.25) is 9.67 Å². The number of piperazine rings is 1. The summed E-state index contributed by atoms with van der Waals surface area (Å²) in [4.78, 5) is 16.3. The van der Waals surface area contributed by atoms with Crippen LogP contribution in [0.25, 0.3) is 33.4 Å². The molecule has 1 saturated heterocycles. The van der Waals surface area contributed by atoms with Crippen LogP contribution >= 0.6 is 0 Å². The first-order chi connectivity index (χ1) is 17.7. The van der Waals surface area contributed by atoms with E-state index in [1.54, 1.807) is 12.4 Å². The van der Waals surface area contributed by atoms with E-state index >= 15 is 0 Å². The average Bonchev–Trinajstić information content (AvgIpc) is 3.34. The number of nitrogens with one attached hydrogen (secondary N) is 1. The summed E-state index contributed by atoms with van der Waals surface area (Å²) in [5.41, 5.74) is 6.75. The van der Waals surface area contributed by atoms with Gasteiger partial charge in [-0.15, -0.1) is 0 Å². The van der Waals surface area contributed by atoms with Gasteiger partial charge in [-0.25, -0.2) is 9.97 Å². The van der Waals surface area contributed by atoms with Crippen LogP contribution in [0.15, 0.2) is 79.3 Å². The van der Waals surface area contributed by atoms with Crippen LogP contribution in [-0.2, 0) is 13.7 Å². The molecule has 1 N–H and O–H groups in total. The van der Waals surface area contributed by atoms with Crippen molar-refractivity contribution < 1.29 is 4.74 Å². The Labute approximate surface area is 209 Å². The molecule has 180 valence electrons. The number of fused-ring (bicyclic) bond motifs is 1. The summed E-state index contributed by atoms with van der Waals surface area (Å²) in [5, 5.41) is 8.10. The molecule has 1 fully saturated rings. The Bertz CT molecular complexity index is 1480. The quantitative estimate of drug-likeness (QED) is 0.395. The van der Waals surface area contributed by atoms with Crippen molar-refractivity contribution in [3.63, 3.8) is 0 Å². The Kier molecular flexibility index (Phi) is 6.01. The smallest absolute Gasteiger partial charge is 0.154 e. The number of hydrogen-bond donors (Lipinski definition) is 1. The fraction of sp³-hybridized carbons (Fsp3) is 0.214. The van der Waals surface area contributed by atoms with E-state index in [1.807, 2.05) is 78.6 Å². The molecule has 1 aliphatic rings. The summed E-state index contributed by atoms with van der Waals surface area (Å²) < 4.78 is 8.04. The Hall–Kier alpha value is -4.30. The molecule has 6 rings (SSSR count). The van der Waals surface area contributed by atoms with Crippen LogP contribution in [0.2, 0.25) is 0 Å². The average molecular weight is 478 g/mol. The lowest BCUT2D eigenvalue weighted by Crippen LogP contribution is -2.44. The standard InChI is InChI=1S/C28H27N7O/c1-34-18-23(20-10-12-29-13-11-20)27(33-34)21-6-8-22(9-7-21)36-19-26-28(35-16-14-30-15-17-35)32-25-5-3-2-4-24(25)31-26/h2-13,18,30H,14-17,19H2,1H3. The van der Waals surface area contributed by atoms with E-state index in [2.05, 4.69) is 15.2 Å². The zero-order chi connectivity index (χ0) is 24.3. The Morgan fingerprint density at radius 2 is 1.58 bits per heavy atom. The highest BCUT2D eigenvalue weighted by Gasteiger charge is 2.19. The highest BCUT2D eigenvalue weighted by molar-refractivity contribution is 5.80. The lowest BCUT2D eigenvalue weighted by atomic mass is 10.0. The molecule has 2 aromatic carbocycles. The van der Waals surface area contributed by atoms with Gasteiger partial charge in [-0.05, 0) is 54.1 Å². The molecular weight excluding hydrogens is 450 g/mol. The topological polar surface area (TPSA) is 81.0 Å². The summed E-state index contributed by atoms with van der Waals surface area (Å²) >= 11 is 0. The Morgan fingerprint density at radius 1 is 0.861 bits per heavy atom. The van der Waals surface area contributed by atoms with E-state index < -0.39 is 0 Å². The Balaban J connectivity index is 1.25. The number of aryl methyl sites for hydroxylation is 1. The molecule has 36 heavy (non-hydrogen) atoms. The number of hydrogen-bond acceptors (Lipinski definition) is 7. The molecule has 3 aromatic heterocycles. The molecule has 8 nitrogen and oxygen atoms in total. The molecular formula is C28H27N7O. The zero-order valence-electron chi connectivity index (χ0n) is 20.1. The molecule has 0 aliphatic carbocycles. The maximum absolute atomic E-state index is 6.20. The number of aromatic nitrogens is 5. The van der Waals surface area contributed by atoms with Crippen LogP contribution in [0.4, 0.5) is 5.82 Å². The maximum Gasteiger partial charge on any atom is 0.154 e. The second kappa shape index (κ2) is 9.75. The third kappa shape index (κ3) is 4.50. The first kappa shape index (κ1) is 22.2. The van der Waals surface area contributed by atoms with E-state index in [9.17, 15) is 0 Å². The number of rotatable bonds is 6. The molecule has 8 heteroatoms. The maximum atomic E-state index is 6.20. The van der Waals surface area contributed by atoms with E-state index in [-0.39, 0.29) is 0 Å². The predicted octanol–water partition coefficient (Wildman–Crippen LogP) is 4.08. The van der Waals surface area contributed by atoms with Crippen molar-refractivity contribution in [3.05, 3.63) is 84.9 Å². The minimum absolute atomic E-state index is 0.349. The van der Waals surface area contributed by atoms with Crippen molar-refractivity contribution >= 4 is 16.9 Å². The molecule has 4 heterocycles. The number of pyridine rings is 1. The van der Waals surface area contributed by atoms with Crippen LogP contribution in [0, 0.1) is 0 Å². The summed E-state index contributed by atoms with van der Waals surface area (Å²) in [6, 6.07) is 20.1. The molecule has 0 radical (unpaired) electrons. The molecule has 0 atom stereocenters. The zero-order valence-corrected chi connectivity index (χ0v) is 20.1. The molecule has 1 aliphatic heterocycles. The van der Waals surface area contributed by atoms with Gasteiger partial charge in [0.25, 0.3) is 0 Å². The highest BCUT2D eigenvalue weighted by atomic mass is 16.5. The molecule has 5 aromatic rings. The van der Waals surface area contributed by atoms with Crippen molar-refractivity contribution in [2.75, 3.05) is 31.1 Å². The molecule has 0 amide bonds. The number of benzene rings is 2. The summed E-state index contributed by atoms with van der Waals surface area (Å²) in [6.07, 6.45) is 5.63. The van der Waals surface area contributed by atoms with Crippen LogP contribution in [0.1, 0.15) is 5.69 Å². The van der Waals surface area contributed by atoms with Crippen molar-refractivity contribution in [3.8, 4) is 28.1 Å². The molecule has 0 saturated carbocycles. The number of ether oxygens (including phenoxy) is 1. The molecule has 0 spiro atoms. The van der Waals surface area contributed by atoms with E-state index in [1.165, 1.54) is 0 Å². The van der Waals surface area contributed by atoms with Gasteiger partial charge in [0.2, 0.25) is 0 Å². The fourth-order valence-corrected chi connectivity index (χ4v) is 4.56. The van der Waals surface area contributed by atoms with E-state index in [4.69, 9.17) is 19.8 Å². The normalized spacial score (nSPS) is 13.8. The first-order valence-electron chi connectivity index (χ1n) is 12.1. The van der Waals surface area contributed by atoms with Crippen LogP contribution < -0.4 is 15.0 Å². The largest absolute Gasteiger partial charge is 0.487 e. The summed E-state index contributed by atoms with van der Waals surface area (Å²) in [5.74, 6) is 1.68. The second-order valence-electron chi connectivity index (χ2n) is 8.83. The SMILES string of the molecule is Cn1cc(-c2ccncc2)c(-c2ccc(OCc3nc4ccccc4nc3N3CCNCC3)cc2)n1. The van der Waals surface area contributed by atoms with Crippen LogP contribution in [0.5, 0.6) is 5.75 Å². The third-order valence-electron chi connectivity index (χ3n) is 6.36. The summed E-state index contributed by atoms with van der Waals surface area (Å²) in [6.45, 7) is 4.02. The van der Waals surface area contributed by atoms with Gasteiger partial charge in [0.05, 0.1) is 11.0 Å². The fourth-order valence-electron chi connectivity index (χ4n) is 4.56. The number of anilines is 1. The molecule has 0 bridgehead atoms. The second-order valence-corrected chi connectivity index (χ2v) is 8.83. The summed E-state index contributed by atoms with van der Waals surface area (Å²) in [7, 11) is 1.94. The van der Waals surface area contributed by atoms with Crippen molar-refractivity contribution in [1.29, 1.82) is 0 Å². The van der Waals surface area contributed by atoms with Crippen molar-refractivity contribution in [2.45, 2.75) is 6.61 Å². The van der Waals surface area contributed by atoms with Gasteiger partial charge in [-0.2, -0.15) is 5.10 Å². The monoisotopic (exact) mass is 477 g/mol. The predicted molar refractivity (Wildman–Crippen MR) is 141 cm³/mol. The highest BCUT2D eigenvalue weighted by Crippen LogP contribution is 2.32. The van der Waals surface area contributed by atoms with Gasteiger partial charge >= 0.3 is 0 Å². The van der Waals surface area contributed by atoms with Gasteiger partial charge in [-0.1, -0.05) is 12.1 Å². The first-order valence-corrected chi connectivity index (χ1v) is 12.1. The van der Waals surface area contributed by atoms with Crippen LogP contribution in [-0.4, -0.2) is 50.9 Å². The lowest BCUT2D eigenvalue weighted by molar-refractivity contribution is 0.301. The minimum atomic E-state index is 0.349. The van der Waals surface area contributed by atoms with Crippen molar-refractivity contribution in [2.24, 2.45) is 7.05 Å². The molecule has 0 unspecified atom stereocenters. The third-order valence-corrected chi connectivity index (χ3v) is 6.36. The van der Waals surface area contributed by atoms with Gasteiger partial charge in [0, 0.05) is 62.9 Å². The van der Waals surface area contributed by atoms with Gasteiger partial charge < -0.3 is 15.0 Å². The van der Waals surface area contributed by atoms with Gasteiger partial charge in [0.1, 0.15) is 23.7 Å².